The molecule has 1 aromatic rings. The summed E-state index contributed by atoms with van der Waals surface area (Å²) in [4.78, 5) is 41.0. The van der Waals surface area contributed by atoms with Crippen molar-refractivity contribution >= 4 is 41.2 Å². The SMILES string of the molecule is CC(C)(C)C1(C)SC(NC(=N)N)N=C1C(=O)NCC(=O)NC(CC(=O)O)c1ccccc1. The molecule has 2 rings (SSSR count). The second-order valence-electron chi connectivity index (χ2n) is 8.60. The minimum Gasteiger partial charge on any atom is -0.481 e. The number of carbonyl (C=O) groups is 3. The summed E-state index contributed by atoms with van der Waals surface area (Å²) < 4.78 is -0.698. The lowest BCUT2D eigenvalue weighted by molar-refractivity contribution is -0.137. The van der Waals surface area contributed by atoms with Gasteiger partial charge in [-0.05, 0) is 17.9 Å². The lowest BCUT2D eigenvalue weighted by atomic mass is 9.77. The van der Waals surface area contributed by atoms with Gasteiger partial charge in [-0.25, -0.2) is 4.99 Å². The highest BCUT2D eigenvalue weighted by molar-refractivity contribution is 8.02. The Bertz CT molecular complexity index is 915. The van der Waals surface area contributed by atoms with Crippen LogP contribution in [0.4, 0.5) is 0 Å². The molecule has 32 heavy (non-hydrogen) atoms. The summed E-state index contributed by atoms with van der Waals surface area (Å²) in [6, 6.07) is 8.05. The number of benzene rings is 1. The summed E-state index contributed by atoms with van der Waals surface area (Å²) >= 11 is 1.37. The molecule has 2 amide bonds. The molecule has 1 aliphatic rings. The molecule has 0 saturated heterocycles. The van der Waals surface area contributed by atoms with Crippen LogP contribution in [-0.2, 0) is 14.4 Å². The molecule has 0 bridgehead atoms. The van der Waals surface area contributed by atoms with Crippen molar-refractivity contribution < 1.29 is 19.5 Å². The van der Waals surface area contributed by atoms with E-state index in [4.69, 9.17) is 11.1 Å². The Morgan fingerprint density at radius 2 is 1.91 bits per heavy atom. The van der Waals surface area contributed by atoms with Crippen LogP contribution in [0.2, 0.25) is 0 Å². The van der Waals surface area contributed by atoms with Crippen LogP contribution in [0.15, 0.2) is 35.3 Å². The fourth-order valence-electron chi connectivity index (χ4n) is 3.15. The molecule has 0 fully saturated rings. The van der Waals surface area contributed by atoms with Gasteiger partial charge in [0.1, 0.15) is 5.71 Å². The van der Waals surface area contributed by atoms with E-state index in [2.05, 4.69) is 20.9 Å². The number of nitrogens with one attached hydrogen (secondary N) is 4. The third-order valence-corrected chi connectivity index (χ3v) is 7.02. The van der Waals surface area contributed by atoms with Crippen LogP contribution in [0.25, 0.3) is 0 Å². The van der Waals surface area contributed by atoms with Gasteiger partial charge >= 0.3 is 5.97 Å². The van der Waals surface area contributed by atoms with Gasteiger partial charge in [0.15, 0.2) is 11.5 Å². The number of carbonyl (C=O) groups excluding carboxylic acids is 2. The average molecular weight is 463 g/mol. The third kappa shape index (κ3) is 6.22. The van der Waals surface area contributed by atoms with Crippen LogP contribution in [0.1, 0.15) is 45.7 Å². The molecule has 174 valence electrons. The first-order valence-electron chi connectivity index (χ1n) is 10.0. The minimum absolute atomic E-state index is 0.242. The first kappa shape index (κ1) is 25.2. The minimum atomic E-state index is -1.05. The molecule has 0 radical (unpaired) electrons. The Hall–Kier alpha value is -3.08. The Balaban J connectivity index is 2.09. The van der Waals surface area contributed by atoms with Gasteiger partial charge in [0.25, 0.3) is 5.91 Å². The number of nitrogens with two attached hydrogens (primary N) is 1. The first-order valence-corrected chi connectivity index (χ1v) is 10.9. The molecule has 1 aliphatic heterocycles. The van der Waals surface area contributed by atoms with Gasteiger partial charge in [0.05, 0.1) is 23.8 Å². The van der Waals surface area contributed by atoms with E-state index in [1.54, 1.807) is 30.3 Å². The maximum Gasteiger partial charge on any atom is 0.305 e. The first-order chi connectivity index (χ1) is 14.8. The highest BCUT2D eigenvalue weighted by Gasteiger charge is 2.51. The lowest BCUT2D eigenvalue weighted by Crippen LogP contribution is -2.51. The van der Waals surface area contributed by atoms with E-state index in [0.717, 1.165) is 0 Å². The van der Waals surface area contributed by atoms with Gasteiger partial charge in [0.2, 0.25) is 5.91 Å². The Labute approximate surface area is 191 Å². The molecule has 11 heteroatoms. The van der Waals surface area contributed by atoms with Gasteiger partial charge in [0, 0.05) is 0 Å². The number of aliphatic imine (C=N–C) groups is 1. The molecule has 3 unspecified atom stereocenters. The average Bonchev–Trinajstić information content (AvgIpc) is 3.02. The van der Waals surface area contributed by atoms with E-state index in [-0.39, 0.29) is 30.1 Å². The van der Waals surface area contributed by atoms with Gasteiger partial charge < -0.3 is 26.8 Å². The predicted molar refractivity (Wildman–Crippen MR) is 124 cm³/mol. The fourth-order valence-corrected chi connectivity index (χ4v) is 4.55. The number of aliphatic carboxylic acids is 1. The second kappa shape index (κ2) is 10.0. The molecular formula is C21H30N6O4S. The molecule has 7 N–H and O–H groups in total. The van der Waals surface area contributed by atoms with E-state index < -0.39 is 34.1 Å². The van der Waals surface area contributed by atoms with E-state index >= 15 is 0 Å². The molecule has 0 aliphatic carbocycles. The number of amides is 2. The zero-order valence-corrected chi connectivity index (χ0v) is 19.4. The van der Waals surface area contributed by atoms with Crippen LogP contribution in [-0.4, -0.2) is 51.4 Å². The van der Waals surface area contributed by atoms with Crippen LogP contribution < -0.4 is 21.7 Å². The third-order valence-electron chi connectivity index (χ3n) is 5.30. The number of carboxylic acid groups (broad SMARTS) is 1. The van der Waals surface area contributed by atoms with E-state index in [1.165, 1.54) is 11.8 Å². The second-order valence-corrected chi connectivity index (χ2v) is 10.1. The smallest absolute Gasteiger partial charge is 0.305 e. The standard InChI is InChI=1S/C21H30N6O4S/c1-20(2,3)21(4)16(26-19(32-21)27-18(22)23)17(31)24-11-14(28)25-13(10-15(29)30)12-8-6-5-7-9-12/h5-9,13,19H,10-11H2,1-4H3,(H,24,31)(H,25,28)(H,29,30)(H4,22,23,27). The van der Waals surface area contributed by atoms with E-state index in [1.807, 2.05) is 27.7 Å². The van der Waals surface area contributed by atoms with Crippen molar-refractivity contribution in [1.29, 1.82) is 5.41 Å². The quantitative estimate of drug-likeness (QED) is 0.249. The maximum atomic E-state index is 12.9. The van der Waals surface area contributed by atoms with Crippen molar-refractivity contribution in [3.63, 3.8) is 0 Å². The number of carboxylic acids is 1. The van der Waals surface area contributed by atoms with Crippen molar-refractivity contribution in [3.8, 4) is 0 Å². The van der Waals surface area contributed by atoms with Gasteiger partial charge in [-0.3, -0.25) is 19.8 Å². The highest BCUT2D eigenvalue weighted by atomic mass is 32.2. The van der Waals surface area contributed by atoms with Crippen LogP contribution in [0, 0.1) is 10.8 Å². The Morgan fingerprint density at radius 3 is 2.44 bits per heavy atom. The number of hydrogen-bond donors (Lipinski definition) is 6. The molecule has 1 aromatic carbocycles. The van der Waals surface area contributed by atoms with Gasteiger partial charge in [-0.15, -0.1) is 0 Å². The topological polar surface area (TPSA) is 170 Å². The van der Waals surface area contributed by atoms with Crippen molar-refractivity contribution in [1.82, 2.24) is 16.0 Å². The van der Waals surface area contributed by atoms with E-state index in [0.29, 0.717) is 5.56 Å². The molecule has 3 atom stereocenters. The molecule has 10 nitrogen and oxygen atoms in total. The fraction of sp³-hybridized carbons (Fsp3) is 0.476. The zero-order valence-electron chi connectivity index (χ0n) is 18.6. The summed E-state index contributed by atoms with van der Waals surface area (Å²) in [5.41, 5.74) is 5.36. The molecular weight excluding hydrogens is 432 g/mol. The summed E-state index contributed by atoms with van der Waals surface area (Å²) in [6.45, 7) is 7.47. The van der Waals surface area contributed by atoms with Crippen LogP contribution in [0.3, 0.4) is 0 Å². The molecule has 0 saturated carbocycles. The number of rotatable bonds is 8. The largest absolute Gasteiger partial charge is 0.481 e. The molecule has 0 spiro atoms. The zero-order chi connectivity index (χ0) is 24.1. The van der Waals surface area contributed by atoms with Gasteiger partial charge in [-0.2, -0.15) is 0 Å². The van der Waals surface area contributed by atoms with E-state index in [9.17, 15) is 19.5 Å². The monoisotopic (exact) mass is 462 g/mol. The highest BCUT2D eigenvalue weighted by Crippen LogP contribution is 2.48. The Kier molecular flexibility index (Phi) is 7.89. The number of hydrogen-bond acceptors (Lipinski definition) is 6. The molecule has 0 aromatic heterocycles. The maximum absolute atomic E-state index is 12.9. The van der Waals surface area contributed by atoms with Crippen LogP contribution >= 0.6 is 11.8 Å². The summed E-state index contributed by atoms with van der Waals surface area (Å²) in [5, 5.41) is 24.5. The summed E-state index contributed by atoms with van der Waals surface area (Å²) in [5.74, 6) is -2.33. The number of guanidine groups is 1. The van der Waals surface area contributed by atoms with Crippen molar-refractivity contribution in [2.45, 2.75) is 50.4 Å². The number of nitrogens with zero attached hydrogens (tertiary/aromatic N) is 1. The summed E-state index contributed by atoms with van der Waals surface area (Å²) in [6.07, 6.45) is -0.284. The molecule has 1 heterocycles. The van der Waals surface area contributed by atoms with Crippen molar-refractivity contribution in [2.75, 3.05) is 6.54 Å². The summed E-state index contributed by atoms with van der Waals surface area (Å²) in [7, 11) is 0. The van der Waals surface area contributed by atoms with Crippen molar-refractivity contribution in [2.24, 2.45) is 16.1 Å². The van der Waals surface area contributed by atoms with Gasteiger partial charge in [-0.1, -0.05) is 62.9 Å². The van der Waals surface area contributed by atoms with Crippen LogP contribution in [0.5, 0.6) is 0 Å². The Morgan fingerprint density at radius 1 is 1.28 bits per heavy atom. The van der Waals surface area contributed by atoms with Crippen molar-refractivity contribution in [3.05, 3.63) is 35.9 Å². The predicted octanol–water partition coefficient (Wildman–Crippen LogP) is 1.19. The number of thioether (sulfide) groups is 1. The lowest BCUT2D eigenvalue weighted by Gasteiger charge is -2.38. The normalized spacial score (nSPS) is 21.2.